The van der Waals surface area contributed by atoms with Crippen LogP contribution < -0.4 is 5.32 Å². The van der Waals surface area contributed by atoms with Crippen LogP contribution in [0.4, 0.5) is 0 Å². The molecule has 0 radical (unpaired) electrons. The molecule has 0 bridgehead atoms. The summed E-state index contributed by atoms with van der Waals surface area (Å²) in [4.78, 5) is 18.1. The van der Waals surface area contributed by atoms with Gasteiger partial charge in [-0.1, -0.05) is 19.0 Å². The molecule has 6 nitrogen and oxygen atoms in total. The molecule has 1 aliphatic heterocycles. The van der Waals surface area contributed by atoms with Crippen molar-refractivity contribution in [3.8, 4) is 0 Å². The zero-order valence-corrected chi connectivity index (χ0v) is 11.1. The maximum Gasteiger partial charge on any atom is 0.240 e. The van der Waals surface area contributed by atoms with Crippen molar-refractivity contribution < 1.29 is 9.32 Å². The van der Waals surface area contributed by atoms with Gasteiger partial charge in [-0.2, -0.15) is 4.98 Å². The van der Waals surface area contributed by atoms with Crippen molar-refractivity contribution in [3.05, 3.63) is 11.7 Å². The predicted molar refractivity (Wildman–Crippen MR) is 65.9 cm³/mol. The van der Waals surface area contributed by atoms with Crippen LogP contribution in [0.15, 0.2) is 4.52 Å². The van der Waals surface area contributed by atoms with E-state index in [-0.39, 0.29) is 17.9 Å². The molecule has 1 aliphatic rings. The second-order valence-electron chi connectivity index (χ2n) is 4.94. The highest BCUT2D eigenvalue weighted by atomic mass is 16.5. The summed E-state index contributed by atoms with van der Waals surface area (Å²) in [5.74, 6) is 1.64. The van der Waals surface area contributed by atoms with Gasteiger partial charge in [0.15, 0.2) is 5.82 Å². The highest BCUT2D eigenvalue weighted by molar-refractivity contribution is 5.81. The van der Waals surface area contributed by atoms with E-state index < -0.39 is 0 Å². The van der Waals surface area contributed by atoms with Crippen molar-refractivity contribution in [3.63, 3.8) is 0 Å². The third-order valence-electron chi connectivity index (χ3n) is 3.25. The minimum Gasteiger partial charge on any atom is -0.358 e. The summed E-state index contributed by atoms with van der Waals surface area (Å²) in [6.07, 6.45) is 1.92. The number of likely N-dealkylation sites (N-methyl/N-ethyl adjacent to an activating group) is 1. The minimum atomic E-state index is -0.0654. The largest absolute Gasteiger partial charge is 0.358 e. The Kier molecular flexibility index (Phi) is 3.96. The molecule has 1 fully saturated rings. The number of hydrogen-bond acceptors (Lipinski definition) is 5. The van der Waals surface area contributed by atoms with Crippen LogP contribution in [0.2, 0.25) is 0 Å². The summed E-state index contributed by atoms with van der Waals surface area (Å²) in [5.41, 5.74) is 0. The average Bonchev–Trinajstić information content (AvgIpc) is 2.97. The summed E-state index contributed by atoms with van der Waals surface area (Å²) in [5, 5.41) is 6.63. The Morgan fingerprint density at radius 3 is 3.00 bits per heavy atom. The Morgan fingerprint density at radius 2 is 2.39 bits per heavy atom. The molecule has 1 atom stereocenters. The highest BCUT2D eigenvalue weighted by Gasteiger charge is 2.31. The number of nitrogens with zero attached hydrogens (tertiary/aromatic N) is 3. The summed E-state index contributed by atoms with van der Waals surface area (Å²) in [7, 11) is 1.67. The molecule has 18 heavy (non-hydrogen) atoms. The second kappa shape index (κ2) is 5.48. The van der Waals surface area contributed by atoms with Gasteiger partial charge in [-0.3, -0.25) is 9.69 Å². The first-order valence-corrected chi connectivity index (χ1v) is 6.40. The Labute approximate surface area is 107 Å². The molecule has 1 unspecified atom stereocenters. The molecule has 1 saturated heterocycles. The van der Waals surface area contributed by atoms with Crippen molar-refractivity contribution in [2.24, 2.45) is 0 Å². The van der Waals surface area contributed by atoms with Crippen molar-refractivity contribution in [1.29, 1.82) is 0 Å². The van der Waals surface area contributed by atoms with Crippen LogP contribution in [0.3, 0.4) is 0 Å². The SMILES string of the molecule is CNC(=O)C1CCCN1Cc1nc(C(C)C)no1. The van der Waals surface area contributed by atoms with Crippen LogP contribution in [0.25, 0.3) is 0 Å². The van der Waals surface area contributed by atoms with Crippen LogP contribution in [0.1, 0.15) is 44.3 Å². The third-order valence-corrected chi connectivity index (χ3v) is 3.25. The average molecular weight is 252 g/mol. The van der Waals surface area contributed by atoms with Gasteiger partial charge in [0.25, 0.3) is 0 Å². The van der Waals surface area contributed by atoms with Crippen molar-refractivity contribution in [2.75, 3.05) is 13.6 Å². The van der Waals surface area contributed by atoms with E-state index in [2.05, 4.69) is 20.4 Å². The lowest BCUT2D eigenvalue weighted by molar-refractivity contribution is -0.125. The number of hydrogen-bond donors (Lipinski definition) is 1. The molecule has 1 aromatic heterocycles. The van der Waals surface area contributed by atoms with Crippen molar-refractivity contribution >= 4 is 5.91 Å². The van der Waals surface area contributed by atoms with Gasteiger partial charge in [0, 0.05) is 13.0 Å². The molecule has 0 aromatic carbocycles. The van der Waals surface area contributed by atoms with Gasteiger partial charge in [-0.05, 0) is 19.4 Å². The molecule has 100 valence electrons. The van der Waals surface area contributed by atoms with E-state index in [1.807, 2.05) is 13.8 Å². The number of amides is 1. The zero-order valence-electron chi connectivity index (χ0n) is 11.1. The molecule has 0 spiro atoms. The predicted octanol–water partition coefficient (Wildman–Crippen LogP) is 0.903. The molecule has 1 aromatic rings. The van der Waals surface area contributed by atoms with E-state index in [1.165, 1.54) is 0 Å². The summed E-state index contributed by atoms with van der Waals surface area (Å²) in [6.45, 7) is 5.50. The van der Waals surface area contributed by atoms with E-state index in [0.29, 0.717) is 12.4 Å². The van der Waals surface area contributed by atoms with E-state index in [0.717, 1.165) is 25.2 Å². The fourth-order valence-corrected chi connectivity index (χ4v) is 2.22. The molecule has 2 rings (SSSR count). The molecule has 6 heteroatoms. The van der Waals surface area contributed by atoms with E-state index in [1.54, 1.807) is 7.05 Å². The van der Waals surface area contributed by atoms with Crippen LogP contribution in [0.5, 0.6) is 0 Å². The fraction of sp³-hybridized carbons (Fsp3) is 0.750. The number of carbonyl (C=O) groups excluding carboxylic acids is 1. The smallest absolute Gasteiger partial charge is 0.240 e. The van der Waals surface area contributed by atoms with Gasteiger partial charge in [-0.25, -0.2) is 0 Å². The number of aromatic nitrogens is 2. The monoisotopic (exact) mass is 252 g/mol. The fourth-order valence-electron chi connectivity index (χ4n) is 2.22. The second-order valence-corrected chi connectivity index (χ2v) is 4.94. The molecular formula is C12H20N4O2. The lowest BCUT2D eigenvalue weighted by atomic mass is 10.2. The summed E-state index contributed by atoms with van der Waals surface area (Å²) >= 11 is 0. The normalized spacial score (nSPS) is 20.6. The number of carbonyl (C=O) groups is 1. The van der Waals surface area contributed by atoms with Gasteiger partial charge >= 0.3 is 0 Å². The Bertz CT molecular complexity index is 416. The quantitative estimate of drug-likeness (QED) is 0.862. The maximum absolute atomic E-state index is 11.7. The Balaban J connectivity index is 2.01. The summed E-state index contributed by atoms with van der Waals surface area (Å²) in [6, 6.07) is -0.0654. The third kappa shape index (κ3) is 2.69. The van der Waals surface area contributed by atoms with Gasteiger partial charge in [-0.15, -0.1) is 0 Å². The number of likely N-dealkylation sites (tertiary alicyclic amines) is 1. The standard InChI is InChI=1S/C12H20N4O2/c1-8(2)11-14-10(18-15-11)7-16-6-4-5-9(16)12(17)13-3/h8-9H,4-7H2,1-3H3,(H,13,17). The van der Waals surface area contributed by atoms with E-state index in [4.69, 9.17) is 4.52 Å². The topological polar surface area (TPSA) is 71.3 Å². The molecule has 1 amide bonds. The number of nitrogens with one attached hydrogen (secondary N) is 1. The van der Waals surface area contributed by atoms with E-state index in [9.17, 15) is 4.79 Å². The highest BCUT2D eigenvalue weighted by Crippen LogP contribution is 2.20. The lowest BCUT2D eigenvalue weighted by Gasteiger charge is -2.20. The van der Waals surface area contributed by atoms with Crippen LogP contribution in [0, 0.1) is 0 Å². The van der Waals surface area contributed by atoms with Crippen molar-refractivity contribution in [1.82, 2.24) is 20.4 Å². The van der Waals surface area contributed by atoms with Gasteiger partial charge < -0.3 is 9.84 Å². The Hall–Kier alpha value is -1.43. The first-order chi connectivity index (χ1) is 8.61. The van der Waals surface area contributed by atoms with Crippen LogP contribution in [-0.2, 0) is 11.3 Å². The number of rotatable bonds is 4. The molecule has 1 N–H and O–H groups in total. The van der Waals surface area contributed by atoms with Crippen molar-refractivity contribution in [2.45, 2.75) is 45.2 Å². The minimum absolute atomic E-state index is 0.0654. The molecule has 0 aliphatic carbocycles. The summed E-state index contributed by atoms with van der Waals surface area (Å²) < 4.78 is 5.22. The van der Waals surface area contributed by atoms with Gasteiger partial charge in [0.1, 0.15) is 0 Å². The van der Waals surface area contributed by atoms with Crippen LogP contribution >= 0.6 is 0 Å². The lowest BCUT2D eigenvalue weighted by Crippen LogP contribution is -2.41. The molecule has 0 saturated carbocycles. The molecule has 2 heterocycles. The Morgan fingerprint density at radius 1 is 1.61 bits per heavy atom. The first kappa shape index (κ1) is 13.0. The molecular weight excluding hydrogens is 232 g/mol. The van der Waals surface area contributed by atoms with Gasteiger partial charge in [0.05, 0.1) is 12.6 Å². The van der Waals surface area contributed by atoms with Crippen LogP contribution in [-0.4, -0.2) is 40.6 Å². The van der Waals surface area contributed by atoms with E-state index >= 15 is 0 Å². The first-order valence-electron chi connectivity index (χ1n) is 6.40. The maximum atomic E-state index is 11.7. The zero-order chi connectivity index (χ0) is 13.1. The van der Waals surface area contributed by atoms with Gasteiger partial charge in [0.2, 0.25) is 11.8 Å².